The fraction of sp³-hybridized carbons (Fsp3) is 0.750. The molecule has 5 nitrogen and oxygen atoms in total. The van der Waals surface area contributed by atoms with Crippen LogP contribution in [0.5, 0.6) is 0 Å². The maximum absolute atomic E-state index is 8.84. The van der Waals surface area contributed by atoms with Crippen LogP contribution in [0.1, 0.15) is 6.92 Å². The molecule has 0 aliphatic heterocycles. The van der Waals surface area contributed by atoms with Crippen LogP contribution in [0.15, 0.2) is 5.16 Å². The zero-order chi connectivity index (χ0) is 7.40. The second kappa shape index (κ2) is 3.52. The van der Waals surface area contributed by atoms with E-state index in [-0.39, 0.29) is 6.10 Å². The number of nitrogens with one attached hydrogen (secondary N) is 1. The van der Waals surface area contributed by atoms with E-state index in [2.05, 4.69) is 20.6 Å². The summed E-state index contributed by atoms with van der Waals surface area (Å²) in [7, 11) is 0. The third kappa shape index (κ3) is 2.32. The third-order valence-electron chi connectivity index (χ3n) is 0.780. The molecule has 0 radical (unpaired) electrons. The Morgan fingerprint density at radius 3 is 3.10 bits per heavy atom. The first kappa shape index (κ1) is 7.49. The van der Waals surface area contributed by atoms with Gasteiger partial charge >= 0.3 is 0 Å². The van der Waals surface area contributed by atoms with Crippen molar-refractivity contribution in [2.24, 2.45) is 0 Å². The number of rotatable bonds is 3. The van der Waals surface area contributed by atoms with E-state index in [4.69, 9.17) is 5.11 Å². The largest absolute Gasteiger partial charge is 0.393 e. The number of aliphatic hydroxyl groups is 1. The number of aromatic nitrogens is 4. The van der Waals surface area contributed by atoms with Gasteiger partial charge in [-0.2, -0.15) is 5.21 Å². The zero-order valence-corrected chi connectivity index (χ0v) is 6.30. The lowest BCUT2D eigenvalue weighted by Gasteiger charge is -1.97. The number of aromatic amines is 1. The van der Waals surface area contributed by atoms with Crippen molar-refractivity contribution in [1.29, 1.82) is 0 Å². The molecular formula is C4H8N4OS. The first-order valence-corrected chi connectivity index (χ1v) is 3.82. The average molecular weight is 160 g/mol. The number of hydrogen-bond donors (Lipinski definition) is 2. The maximum Gasteiger partial charge on any atom is 0.231 e. The van der Waals surface area contributed by atoms with Crippen LogP contribution in [0.3, 0.4) is 0 Å². The first-order chi connectivity index (χ1) is 4.79. The van der Waals surface area contributed by atoms with E-state index in [1.807, 2.05) is 0 Å². The Morgan fingerprint density at radius 1 is 1.80 bits per heavy atom. The highest BCUT2D eigenvalue weighted by atomic mass is 32.2. The van der Waals surface area contributed by atoms with Crippen molar-refractivity contribution < 1.29 is 5.11 Å². The van der Waals surface area contributed by atoms with E-state index in [1.165, 1.54) is 11.8 Å². The van der Waals surface area contributed by atoms with Crippen LogP contribution in [0.25, 0.3) is 0 Å². The third-order valence-corrected chi connectivity index (χ3v) is 1.86. The molecule has 10 heavy (non-hydrogen) atoms. The maximum atomic E-state index is 8.84. The highest BCUT2D eigenvalue weighted by Gasteiger charge is 2.00. The number of nitrogens with zero attached hydrogens (tertiary/aromatic N) is 3. The summed E-state index contributed by atoms with van der Waals surface area (Å²) in [5.74, 6) is 0.597. The summed E-state index contributed by atoms with van der Waals surface area (Å²) in [5.41, 5.74) is 0. The van der Waals surface area contributed by atoms with Crippen molar-refractivity contribution in [3.8, 4) is 0 Å². The Morgan fingerprint density at radius 2 is 2.60 bits per heavy atom. The molecule has 2 N–H and O–H groups in total. The minimum Gasteiger partial charge on any atom is -0.393 e. The molecule has 0 aliphatic carbocycles. The van der Waals surface area contributed by atoms with Gasteiger partial charge in [-0.05, 0) is 12.1 Å². The van der Waals surface area contributed by atoms with E-state index >= 15 is 0 Å². The van der Waals surface area contributed by atoms with Crippen LogP contribution in [-0.4, -0.2) is 37.6 Å². The van der Waals surface area contributed by atoms with Crippen molar-refractivity contribution in [2.75, 3.05) is 5.75 Å². The Bertz CT molecular complexity index is 175. The van der Waals surface area contributed by atoms with Crippen molar-refractivity contribution in [2.45, 2.75) is 18.2 Å². The summed E-state index contributed by atoms with van der Waals surface area (Å²) in [5, 5.41) is 22.5. The smallest absolute Gasteiger partial charge is 0.231 e. The standard InChI is InChI=1S/C4H8N4OS/c1-3(9)2-10-4-5-7-8-6-4/h3,9H,2H2,1H3,(H,5,6,7,8). The second-order valence-corrected chi connectivity index (χ2v) is 2.84. The van der Waals surface area contributed by atoms with E-state index in [0.29, 0.717) is 10.9 Å². The van der Waals surface area contributed by atoms with Crippen molar-refractivity contribution >= 4 is 11.8 Å². The van der Waals surface area contributed by atoms with Crippen LogP contribution in [0.4, 0.5) is 0 Å². The monoisotopic (exact) mass is 160 g/mol. The number of thioether (sulfide) groups is 1. The number of H-pyrrole nitrogens is 1. The predicted molar refractivity (Wildman–Crippen MR) is 36.6 cm³/mol. The molecule has 0 saturated heterocycles. The molecule has 0 fully saturated rings. The number of tetrazole rings is 1. The van der Waals surface area contributed by atoms with Crippen molar-refractivity contribution in [3.63, 3.8) is 0 Å². The second-order valence-electron chi connectivity index (χ2n) is 1.85. The van der Waals surface area contributed by atoms with Gasteiger partial charge in [0.2, 0.25) is 5.16 Å². The lowest BCUT2D eigenvalue weighted by atomic mass is 10.5. The van der Waals surface area contributed by atoms with E-state index < -0.39 is 0 Å². The average Bonchev–Trinajstić information content (AvgIpc) is 2.34. The van der Waals surface area contributed by atoms with Gasteiger partial charge < -0.3 is 5.11 Å². The molecule has 1 atom stereocenters. The van der Waals surface area contributed by atoms with Gasteiger partial charge in [0.25, 0.3) is 0 Å². The molecule has 0 aromatic carbocycles. The molecule has 1 rings (SSSR count). The molecule has 56 valence electrons. The molecule has 0 amide bonds. The summed E-state index contributed by atoms with van der Waals surface area (Å²) in [6.45, 7) is 1.72. The van der Waals surface area contributed by atoms with Gasteiger partial charge in [-0.1, -0.05) is 11.8 Å². The SMILES string of the molecule is CC(O)CSc1nn[nH]n1. The Kier molecular flexibility index (Phi) is 2.64. The molecule has 1 unspecified atom stereocenters. The molecule has 6 heteroatoms. The first-order valence-electron chi connectivity index (χ1n) is 2.83. The van der Waals surface area contributed by atoms with Crippen LogP contribution in [-0.2, 0) is 0 Å². The summed E-state index contributed by atoms with van der Waals surface area (Å²) in [4.78, 5) is 0. The lowest BCUT2D eigenvalue weighted by Crippen LogP contribution is -2.02. The molecule has 1 aromatic heterocycles. The Hall–Kier alpha value is -0.620. The highest BCUT2D eigenvalue weighted by Crippen LogP contribution is 2.10. The molecule has 0 bridgehead atoms. The molecule has 0 aliphatic rings. The van der Waals surface area contributed by atoms with Gasteiger partial charge in [-0.15, -0.1) is 10.2 Å². The number of aliphatic hydroxyl groups excluding tert-OH is 1. The number of hydrogen-bond acceptors (Lipinski definition) is 5. The normalized spacial score (nSPS) is 13.4. The summed E-state index contributed by atoms with van der Waals surface area (Å²) >= 11 is 1.37. The minimum atomic E-state index is -0.330. The summed E-state index contributed by atoms with van der Waals surface area (Å²) < 4.78 is 0. The minimum absolute atomic E-state index is 0.330. The fourth-order valence-corrected chi connectivity index (χ4v) is 1.00. The lowest BCUT2D eigenvalue weighted by molar-refractivity contribution is 0.220. The fourth-order valence-electron chi connectivity index (χ4n) is 0.409. The molecule has 1 heterocycles. The Balaban J connectivity index is 2.28. The van der Waals surface area contributed by atoms with E-state index in [9.17, 15) is 0 Å². The van der Waals surface area contributed by atoms with Gasteiger partial charge in [0.15, 0.2) is 0 Å². The van der Waals surface area contributed by atoms with Crippen LogP contribution >= 0.6 is 11.8 Å². The van der Waals surface area contributed by atoms with E-state index in [1.54, 1.807) is 6.92 Å². The van der Waals surface area contributed by atoms with Crippen LogP contribution < -0.4 is 0 Å². The molecular weight excluding hydrogens is 152 g/mol. The zero-order valence-electron chi connectivity index (χ0n) is 5.48. The highest BCUT2D eigenvalue weighted by molar-refractivity contribution is 7.99. The van der Waals surface area contributed by atoms with Gasteiger partial charge in [-0.3, -0.25) is 0 Å². The summed E-state index contributed by atoms with van der Waals surface area (Å²) in [6, 6.07) is 0. The van der Waals surface area contributed by atoms with Crippen molar-refractivity contribution in [3.05, 3.63) is 0 Å². The van der Waals surface area contributed by atoms with Gasteiger partial charge in [0.1, 0.15) is 0 Å². The quantitative estimate of drug-likeness (QED) is 0.592. The molecule has 0 saturated carbocycles. The molecule has 0 spiro atoms. The Labute approximate surface area is 62.2 Å². The van der Waals surface area contributed by atoms with Gasteiger partial charge in [-0.25, -0.2) is 0 Å². The van der Waals surface area contributed by atoms with Gasteiger partial charge in [0, 0.05) is 5.75 Å². The van der Waals surface area contributed by atoms with Gasteiger partial charge in [0.05, 0.1) is 6.10 Å². The van der Waals surface area contributed by atoms with Crippen LogP contribution in [0, 0.1) is 0 Å². The van der Waals surface area contributed by atoms with Crippen molar-refractivity contribution in [1.82, 2.24) is 20.6 Å². The molecule has 1 aromatic rings. The topological polar surface area (TPSA) is 74.7 Å². The van der Waals surface area contributed by atoms with E-state index in [0.717, 1.165) is 0 Å². The predicted octanol–water partition coefficient (Wildman–Crippen LogP) is -0.327. The summed E-state index contributed by atoms with van der Waals surface area (Å²) in [6.07, 6.45) is -0.330. The van der Waals surface area contributed by atoms with Crippen LogP contribution in [0.2, 0.25) is 0 Å².